The first-order valence-corrected chi connectivity index (χ1v) is 13.6. The van der Waals surface area contributed by atoms with Gasteiger partial charge in [-0.2, -0.15) is 0 Å². The third kappa shape index (κ3) is 15.2. The van der Waals surface area contributed by atoms with Gasteiger partial charge in [-0.1, -0.05) is 89.0 Å². The van der Waals surface area contributed by atoms with E-state index in [1.807, 2.05) is 5.48 Å². The average molecular weight is 504 g/mol. The minimum absolute atomic E-state index is 0.00421. The molecular weight excluding hydrogens is 458 g/mol. The number of hydroxylamine groups is 1. The Labute approximate surface area is 216 Å². The molecule has 1 aromatic carbocycles. The maximum Gasteiger partial charge on any atom is 0.440 e. The molecule has 0 spiro atoms. The van der Waals surface area contributed by atoms with E-state index in [1.54, 1.807) is 19.1 Å². The van der Waals surface area contributed by atoms with Crippen molar-refractivity contribution in [2.24, 2.45) is 0 Å². The quantitative estimate of drug-likeness (QED) is 0.0684. The van der Waals surface area contributed by atoms with Gasteiger partial charge in [0, 0.05) is 0 Å². The Balaban J connectivity index is 2.01. The number of carbonyl (C=O) groups is 3. The molecule has 7 heteroatoms. The summed E-state index contributed by atoms with van der Waals surface area (Å²) >= 11 is 0. The van der Waals surface area contributed by atoms with Crippen molar-refractivity contribution in [1.29, 1.82) is 0 Å². The van der Waals surface area contributed by atoms with Crippen LogP contribution in [0.3, 0.4) is 0 Å². The molecule has 0 aliphatic rings. The Bertz CT molecular complexity index is 777. The summed E-state index contributed by atoms with van der Waals surface area (Å²) in [7, 11) is 0. The van der Waals surface area contributed by atoms with Crippen LogP contribution in [-0.4, -0.2) is 31.2 Å². The largest absolute Gasteiger partial charge is 0.462 e. The zero-order chi connectivity index (χ0) is 26.3. The predicted molar refractivity (Wildman–Crippen MR) is 142 cm³/mol. The summed E-state index contributed by atoms with van der Waals surface area (Å²) < 4.78 is 9.96. The summed E-state index contributed by atoms with van der Waals surface area (Å²) in [6.07, 6.45) is 20.7. The van der Waals surface area contributed by atoms with Crippen LogP contribution in [0, 0.1) is 0 Å². The fraction of sp³-hybridized carbons (Fsp3) is 0.621. The monoisotopic (exact) mass is 503 g/mol. The van der Waals surface area contributed by atoms with Gasteiger partial charge in [0.2, 0.25) is 0 Å². The predicted octanol–water partition coefficient (Wildman–Crippen LogP) is 7.70. The molecule has 0 aliphatic heterocycles. The Kier molecular flexibility index (Phi) is 18.6. The van der Waals surface area contributed by atoms with Gasteiger partial charge in [-0.15, -0.1) is 5.48 Å². The molecule has 1 rings (SSSR count). The Morgan fingerprint density at radius 3 is 1.81 bits per heavy atom. The molecule has 0 bridgehead atoms. The molecule has 0 aliphatic carbocycles. The molecule has 1 aromatic rings. The Morgan fingerprint density at radius 2 is 1.22 bits per heavy atom. The SMILES string of the molecule is CCCCCCCC/C=C\CCCCCCCCOC(=O)NOC(=O)c1ccccc1C(=O)OCC. The fourth-order valence-corrected chi connectivity index (χ4v) is 3.73. The Morgan fingerprint density at radius 1 is 0.694 bits per heavy atom. The van der Waals surface area contributed by atoms with E-state index in [2.05, 4.69) is 19.1 Å². The molecule has 0 unspecified atom stereocenters. The molecule has 1 amide bonds. The molecule has 7 nitrogen and oxygen atoms in total. The molecule has 0 heterocycles. The van der Waals surface area contributed by atoms with E-state index in [-0.39, 0.29) is 24.3 Å². The third-order valence-electron chi connectivity index (χ3n) is 5.76. The maximum atomic E-state index is 12.2. The second-order valence-corrected chi connectivity index (χ2v) is 8.83. The van der Waals surface area contributed by atoms with Gasteiger partial charge >= 0.3 is 18.0 Å². The summed E-state index contributed by atoms with van der Waals surface area (Å²) in [6.45, 7) is 4.36. The van der Waals surface area contributed by atoms with Gasteiger partial charge in [0.1, 0.15) is 0 Å². The van der Waals surface area contributed by atoms with Gasteiger partial charge in [0.15, 0.2) is 0 Å². The summed E-state index contributed by atoms with van der Waals surface area (Å²) in [5, 5.41) is 0. The average Bonchev–Trinajstić information content (AvgIpc) is 2.89. The number of esters is 1. The van der Waals surface area contributed by atoms with Crippen molar-refractivity contribution in [3.8, 4) is 0 Å². The van der Waals surface area contributed by atoms with Crippen LogP contribution in [0.15, 0.2) is 36.4 Å². The molecule has 0 saturated carbocycles. The van der Waals surface area contributed by atoms with Crippen LogP contribution in [0.5, 0.6) is 0 Å². The first kappa shape index (κ1) is 31.2. The normalized spacial score (nSPS) is 10.8. The Hall–Kier alpha value is -2.83. The molecular formula is C29H45NO6. The lowest BCUT2D eigenvalue weighted by Gasteiger charge is -2.09. The van der Waals surface area contributed by atoms with Gasteiger partial charge in [-0.3, -0.25) is 0 Å². The van der Waals surface area contributed by atoms with E-state index in [9.17, 15) is 14.4 Å². The van der Waals surface area contributed by atoms with Gasteiger partial charge in [-0.05, 0) is 51.2 Å². The van der Waals surface area contributed by atoms with Crippen molar-refractivity contribution in [3.05, 3.63) is 47.5 Å². The number of amides is 1. The van der Waals surface area contributed by atoms with Gasteiger partial charge < -0.3 is 14.3 Å². The summed E-state index contributed by atoms with van der Waals surface area (Å²) in [5.41, 5.74) is 2.04. The smallest absolute Gasteiger partial charge is 0.440 e. The second-order valence-electron chi connectivity index (χ2n) is 8.83. The van der Waals surface area contributed by atoms with Crippen LogP contribution in [0.2, 0.25) is 0 Å². The van der Waals surface area contributed by atoms with Crippen LogP contribution in [0.25, 0.3) is 0 Å². The number of nitrogens with one attached hydrogen (secondary N) is 1. The first-order valence-electron chi connectivity index (χ1n) is 13.6. The lowest BCUT2D eigenvalue weighted by Crippen LogP contribution is -2.29. The van der Waals surface area contributed by atoms with E-state index in [0.717, 1.165) is 25.7 Å². The van der Waals surface area contributed by atoms with E-state index in [0.29, 0.717) is 0 Å². The fourth-order valence-electron chi connectivity index (χ4n) is 3.73. The zero-order valence-corrected chi connectivity index (χ0v) is 22.2. The van der Waals surface area contributed by atoms with E-state index < -0.39 is 18.0 Å². The van der Waals surface area contributed by atoms with E-state index >= 15 is 0 Å². The van der Waals surface area contributed by atoms with Crippen molar-refractivity contribution >= 4 is 18.0 Å². The van der Waals surface area contributed by atoms with Crippen LogP contribution < -0.4 is 5.48 Å². The number of hydrogen-bond acceptors (Lipinski definition) is 6. The molecule has 0 fully saturated rings. The maximum absolute atomic E-state index is 12.2. The highest BCUT2D eigenvalue weighted by Gasteiger charge is 2.19. The van der Waals surface area contributed by atoms with Crippen LogP contribution in [0.1, 0.15) is 124 Å². The van der Waals surface area contributed by atoms with Crippen molar-refractivity contribution in [3.63, 3.8) is 0 Å². The zero-order valence-electron chi connectivity index (χ0n) is 22.2. The summed E-state index contributed by atoms with van der Waals surface area (Å²) in [6, 6.07) is 6.08. The standard InChI is InChI=1S/C29H45NO6/c1-3-5-6-7-8-9-10-11-12-13-14-15-16-17-18-21-24-35-29(33)30-36-28(32)26-23-20-19-22-25(26)27(31)34-4-2/h11-12,19-20,22-23H,3-10,13-18,21,24H2,1-2H3,(H,30,33)/b12-11-. The molecule has 0 aromatic heterocycles. The number of ether oxygens (including phenoxy) is 2. The van der Waals surface area contributed by atoms with Crippen molar-refractivity contribution in [2.75, 3.05) is 13.2 Å². The lowest BCUT2D eigenvalue weighted by molar-refractivity contribution is 0.0201. The molecule has 1 N–H and O–H groups in total. The molecule has 0 radical (unpaired) electrons. The number of carbonyl (C=O) groups excluding carboxylic acids is 3. The lowest BCUT2D eigenvalue weighted by atomic mass is 10.1. The summed E-state index contributed by atoms with van der Waals surface area (Å²) in [4.78, 5) is 40.7. The van der Waals surface area contributed by atoms with Crippen LogP contribution >= 0.6 is 0 Å². The van der Waals surface area contributed by atoms with Crippen molar-refractivity contribution in [2.45, 2.75) is 104 Å². The molecule has 202 valence electrons. The highest BCUT2D eigenvalue weighted by atomic mass is 16.7. The second kappa shape index (κ2) is 21.5. The molecule has 36 heavy (non-hydrogen) atoms. The van der Waals surface area contributed by atoms with Gasteiger partial charge in [0.05, 0.1) is 24.3 Å². The number of benzene rings is 1. The van der Waals surface area contributed by atoms with Crippen molar-refractivity contribution < 1.29 is 28.7 Å². The first-order chi connectivity index (χ1) is 17.6. The third-order valence-corrected chi connectivity index (χ3v) is 5.76. The number of allylic oxidation sites excluding steroid dienone is 2. The number of unbranched alkanes of at least 4 members (excludes halogenated alkanes) is 12. The minimum Gasteiger partial charge on any atom is -0.462 e. The van der Waals surface area contributed by atoms with E-state index in [4.69, 9.17) is 14.3 Å². The molecule has 0 atom stereocenters. The molecule has 0 saturated heterocycles. The van der Waals surface area contributed by atoms with Gasteiger partial charge in [-0.25, -0.2) is 14.4 Å². The highest BCUT2D eigenvalue weighted by molar-refractivity contribution is 6.03. The van der Waals surface area contributed by atoms with Crippen LogP contribution in [-0.2, 0) is 14.3 Å². The van der Waals surface area contributed by atoms with E-state index in [1.165, 1.54) is 76.3 Å². The van der Waals surface area contributed by atoms with Gasteiger partial charge in [0.25, 0.3) is 0 Å². The minimum atomic E-state index is -0.868. The summed E-state index contributed by atoms with van der Waals surface area (Å²) in [5.74, 6) is -1.50. The van der Waals surface area contributed by atoms with Crippen LogP contribution in [0.4, 0.5) is 4.79 Å². The topological polar surface area (TPSA) is 90.9 Å². The number of rotatable bonds is 19. The number of hydrogen-bond donors (Lipinski definition) is 1. The highest BCUT2D eigenvalue weighted by Crippen LogP contribution is 2.12. The van der Waals surface area contributed by atoms with Crippen molar-refractivity contribution in [1.82, 2.24) is 5.48 Å².